The van der Waals surface area contributed by atoms with Crippen molar-refractivity contribution in [2.75, 3.05) is 13.7 Å². The van der Waals surface area contributed by atoms with Crippen LogP contribution in [0.25, 0.3) is 22.9 Å². The second kappa shape index (κ2) is 13.2. The van der Waals surface area contributed by atoms with Gasteiger partial charge in [0.1, 0.15) is 24.2 Å². The van der Waals surface area contributed by atoms with E-state index < -0.39 is 61.1 Å². The highest BCUT2D eigenvalue weighted by molar-refractivity contribution is 5.69. The van der Waals surface area contributed by atoms with Crippen LogP contribution in [0.1, 0.15) is 33.9 Å². The summed E-state index contributed by atoms with van der Waals surface area (Å²) in [5, 5.41) is 4.61. The molecule has 3 heterocycles. The van der Waals surface area contributed by atoms with E-state index in [0.717, 1.165) is 20.8 Å². The minimum Gasteiger partial charge on any atom is -0.497 e. The first kappa shape index (κ1) is 30.0. The summed E-state index contributed by atoms with van der Waals surface area (Å²) < 4.78 is 34.7. The number of carbonyl (C=O) groups excluding carboxylic acids is 4. The standard InChI is InChI=1S/C27H29N5O10/c1-14(33)38-13-21-22(39-15(2)34)23(40-16(3)35)24(41-17(4)36)27(42-21)32-26(18-6-8-19(37-5)9-7-18)30-25(31-32)20-12-28-10-11-29-20/h6-12,21-24,27H,13H2,1-5H3/t21-,22-,23+,24-,27-/m1/s1. The molecule has 0 spiro atoms. The number of nitrogens with zero attached hydrogens (tertiary/aromatic N) is 5. The topological polar surface area (TPSA) is 180 Å². The van der Waals surface area contributed by atoms with Gasteiger partial charge in [-0.3, -0.25) is 24.2 Å². The lowest BCUT2D eigenvalue weighted by molar-refractivity contribution is -0.270. The Kier molecular flexibility index (Phi) is 9.42. The molecule has 2 aromatic heterocycles. The molecule has 1 fully saturated rings. The van der Waals surface area contributed by atoms with Crippen molar-refractivity contribution in [2.24, 2.45) is 0 Å². The van der Waals surface area contributed by atoms with Crippen molar-refractivity contribution in [3.8, 4) is 28.7 Å². The molecule has 15 heteroatoms. The third-order valence-corrected chi connectivity index (χ3v) is 5.98. The Morgan fingerprint density at radius 3 is 2.07 bits per heavy atom. The largest absolute Gasteiger partial charge is 0.497 e. The van der Waals surface area contributed by atoms with E-state index in [1.54, 1.807) is 24.3 Å². The third kappa shape index (κ3) is 7.04. The molecule has 0 bridgehead atoms. The van der Waals surface area contributed by atoms with E-state index in [1.165, 1.54) is 37.3 Å². The van der Waals surface area contributed by atoms with Crippen molar-refractivity contribution in [3.05, 3.63) is 42.9 Å². The highest BCUT2D eigenvalue weighted by Gasteiger charge is 2.53. The second-order valence-electron chi connectivity index (χ2n) is 9.11. The zero-order valence-corrected chi connectivity index (χ0v) is 23.5. The molecule has 0 amide bonds. The molecule has 3 aromatic rings. The van der Waals surface area contributed by atoms with E-state index >= 15 is 0 Å². The fourth-order valence-corrected chi connectivity index (χ4v) is 4.36. The Hall–Kier alpha value is -4.92. The van der Waals surface area contributed by atoms with Crippen LogP contribution in [-0.4, -0.2) is 86.7 Å². The average molecular weight is 584 g/mol. The van der Waals surface area contributed by atoms with Gasteiger partial charge in [0, 0.05) is 45.7 Å². The van der Waals surface area contributed by atoms with E-state index in [4.69, 9.17) is 28.4 Å². The number of ether oxygens (including phenoxy) is 6. The number of methoxy groups -OCH3 is 1. The Morgan fingerprint density at radius 1 is 0.857 bits per heavy atom. The molecule has 1 aliphatic rings. The monoisotopic (exact) mass is 583 g/mol. The Bertz CT molecular complexity index is 1430. The van der Waals surface area contributed by atoms with Gasteiger partial charge in [0.25, 0.3) is 0 Å². The molecule has 42 heavy (non-hydrogen) atoms. The van der Waals surface area contributed by atoms with Crippen molar-refractivity contribution in [1.29, 1.82) is 0 Å². The molecule has 1 aliphatic heterocycles. The third-order valence-electron chi connectivity index (χ3n) is 5.98. The number of esters is 4. The van der Waals surface area contributed by atoms with Gasteiger partial charge in [0.15, 0.2) is 30.4 Å². The van der Waals surface area contributed by atoms with Crippen molar-refractivity contribution < 1.29 is 47.6 Å². The summed E-state index contributed by atoms with van der Waals surface area (Å²) in [5.41, 5.74) is 0.892. The van der Waals surface area contributed by atoms with Gasteiger partial charge in [-0.15, -0.1) is 5.10 Å². The van der Waals surface area contributed by atoms with Gasteiger partial charge in [0.2, 0.25) is 5.82 Å². The van der Waals surface area contributed by atoms with E-state index in [9.17, 15) is 19.2 Å². The first-order chi connectivity index (χ1) is 20.1. The molecule has 4 rings (SSSR count). The van der Waals surface area contributed by atoms with Crippen LogP contribution in [-0.2, 0) is 42.9 Å². The van der Waals surface area contributed by atoms with Crippen LogP contribution in [0.3, 0.4) is 0 Å². The summed E-state index contributed by atoms with van der Waals surface area (Å²) in [4.78, 5) is 61.3. The fourth-order valence-electron chi connectivity index (χ4n) is 4.36. The van der Waals surface area contributed by atoms with Gasteiger partial charge in [-0.05, 0) is 24.3 Å². The first-order valence-electron chi connectivity index (χ1n) is 12.7. The molecule has 222 valence electrons. The van der Waals surface area contributed by atoms with Crippen LogP contribution in [0.15, 0.2) is 42.9 Å². The number of carbonyl (C=O) groups is 4. The van der Waals surface area contributed by atoms with E-state index in [2.05, 4.69) is 20.1 Å². The van der Waals surface area contributed by atoms with Gasteiger partial charge in [-0.2, -0.15) is 0 Å². The van der Waals surface area contributed by atoms with Crippen LogP contribution in [0, 0.1) is 0 Å². The van der Waals surface area contributed by atoms with Gasteiger partial charge >= 0.3 is 23.9 Å². The summed E-state index contributed by atoms with van der Waals surface area (Å²) >= 11 is 0. The van der Waals surface area contributed by atoms with Crippen molar-refractivity contribution in [3.63, 3.8) is 0 Å². The molecule has 5 atom stereocenters. The SMILES string of the molecule is COc1ccc(-c2nc(-c3cnccn3)nn2[C@@H]2O[C@H](COC(C)=O)[C@@H](OC(C)=O)[C@H](OC(C)=O)[C@H]2OC(C)=O)cc1. The average Bonchev–Trinajstić information content (AvgIpc) is 3.39. The van der Waals surface area contributed by atoms with Crippen molar-refractivity contribution in [2.45, 2.75) is 58.3 Å². The summed E-state index contributed by atoms with van der Waals surface area (Å²) in [6, 6.07) is 6.88. The van der Waals surface area contributed by atoms with Crippen LogP contribution in [0.4, 0.5) is 0 Å². The highest BCUT2D eigenvalue weighted by Crippen LogP contribution is 2.37. The van der Waals surface area contributed by atoms with Crippen LogP contribution < -0.4 is 4.74 Å². The second-order valence-corrected chi connectivity index (χ2v) is 9.11. The van der Waals surface area contributed by atoms with Crippen molar-refractivity contribution >= 4 is 23.9 Å². The van der Waals surface area contributed by atoms with Crippen LogP contribution in [0.2, 0.25) is 0 Å². The Labute approximate surface area is 240 Å². The van der Waals surface area contributed by atoms with E-state index in [0.29, 0.717) is 17.0 Å². The molecule has 15 nitrogen and oxygen atoms in total. The molecule has 0 saturated carbocycles. The minimum absolute atomic E-state index is 0.154. The number of hydrogen-bond donors (Lipinski definition) is 0. The molecule has 0 unspecified atom stereocenters. The maximum absolute atomic E-state index is 12.3. The van der Waals surface area contributed by atoms with Crippen molar-refractivity contribution in [1.82, 2.24) is 24.7 Å². The zero-order chi connectivity index (χ0) is 30.4. The van der Waals surface area contributed by atoms with Crippen LogP contribution in [0.5, 0.6) is 5.75 Å². The summed E-state index contributed by atoms with van der Waals surface area (Å²) in [5.74, 6) is -1.88. The number of aromatic nitrogens is 5. The number of hydrogen-bond acceptors (Lipinski definition) is 14. The van der Waals surface area contributed by atoms with E-state index in [1.807, 2.05) is 0 Å². The predicted octanol–water partition coefficient (Wildman–Crippen LogP) is 1.67. The minimum atomic E-state index is -1.39. The summed E-state index contributed by atoms with van der Waals surface area (Å²) in [6.07, 6.45) is -2.17. The summed E-state index contributed by atoms with van der Waals surface area (Å²) in [6.45, 7) is 4.25. The lowest BCUT2D eigenvalue weighted by Gasteiger charge is -2.44. The normalized spacial score (nSPS) is 21.6. The highest BCUT2D eigenvalue weighted by atomic mass is 16.7. The number of rotatable bonds is 9. The maximum Gasteiger partial charge on any atom is 0.303 e. The van der Waals surface area contributed by atoms with Gasteiger partial charge in [-0.25, -0.2) is 14.6 Å². The van der Waals surface area contributed by atoms with E-state index in [-0.39, 0.29) is 11.6 Å². The molecule has 1 saturated heterocycles. The van der Waals surface area contributed by atoms with Crippen LogP contribution >= 0.6 is 0 Å². The quantitative estimate of drug-likeness (QED) is 0.262. The maximum atomic E-state index is 12.3. The predicted molar refractivity (Wildman–Crippen MR) is 140 cm³/mol. The van der Waals surface area contributed by atoms with Gasteiger partial charge in [-0.1, -0.05) is 0 Å². The lowest BCUT2D eigenvalue weighted by Crippen LogP contribution is -2.60. The molecule has 0 N–H and O–H groups in total. The smallest absolute Gasteiger partial charge is 0.303 e. The Balaban J connectivity index is 1.91. The summed E-state index contributed by atoms with van der Waals surface area (Å²) in [7, 11) is 1.53. The molecule has 0 aliphatic carbocycles. The molecular weight excluding hydrogens is 554 g/mol. The Morgan fingerprint density at radius 2 is 1.50 bits per heavy atom. The van der Waals surface area contributed by atoms with Gasteiger partial charge in [0.05, 0.1) is 13.3 Å². The van der Waals surface area contributed by atoms with Gasteiger partial charge < -0.3 is 28.4 Å². The molecule has 0 radical (unpaired) electrons. The number of benzene rings is 1. The molecular formula is C27H29N5O10. The zero-order valence-electron chi connectivity index (χ0n) is 23.5. The lowest BCUT2D eigenvalue weighted by atomic mass is 9.97. The fraction of sp³-hybridized carbons (Fsp3) is 0.407. The molecule has 1 aromatic carbocycles. The first-order valence-corrected chi connectivity index (χ1v) is 12.7.